The second-order valence-corrected chi connectivity index (χ2v) is 2.70. The lowest BCUT2D eigenvalue weighted by atomic mass is 10.2. The standard InChI is InChI=1S/C8H8NO3P/c10-8(9-6-12-13-11)7-4-2-1-3-5-7/h1-5,13H,6H2/p+1. The molecule has 0 aliphatic carbocycles. The SMILES string of the molecule is O=[PH+]OCNC(=O)c1ccccc1. The molecule has 1 aromatic carbocycles. The molecule has 1 amide bonds. The maximum Gasteiger partial charge on any atom is 0.496 e. The Hall–Kier alpha value is -1.25. The van der Waals surface area contributed by atoms with E-state index in [0.29, 0.717) is 5.56 Å². The molecule has 1 rings (SSSR count). The minimum atomic E-state index is -0.850. The van der Waals surface area contributed by atoms with Gasteiger partial charge in [0.25, 0.3) is 5.91 Å². The monoisotopic (exact) mass is 198 g/mol. The van der Waals surface area contributed by atoms with Crippen molar-refractivity contribution < 1.29 is 13.9 Å². The van der Waals surface area contributed by atoms with Gasteiger partial charge in [-0.15, -0.1) is 4.52 Å². The molecule has 1 atom stereocenters. The molecule has 68 valence electrons. The zero-order valence-corrected chi connectivity index (χ0v) is 7.82. The summed E-state index contributed by atoms with van der Waals surface area (Å²) < 4.78 is 14.4. The van der Waals surface area contributed by atoms with E-state index in [2.05, 4.69) is 9.84 Å². The highest BCUT2D eigenvalue weighted by Crippen LogP contribution is 1.98. The van der Waals surface area contributed by atoms with Crippen molar-refractivity contribution in [2.24, 2.45) is 0 Å². The summed E-state index contributed by atoms with van der Waals surface area (Å²) in [6.45, 7) is -0.0321. The molecular weight excluding hydrogens is 189 g/mol. The van der Waals surface area contributed by atoms with E-state index in [1.54, 1.807) is 24.3 Å². The summed E-state index contributed by atoms with van der Waals surface area (Å²) >= 11 is 0. The summed E-state index contributed by atoms with van der Waals surface area (Å²) in [6.07, 6.45) is 0. The van der Waals surface area contributed by atoms with Crippen molar-refractivity contribution in [1.82, 2.24) is 5.32 Å². The van der Waals surface area contributed by atoms with Gasteiger partial charge in [0.15, 0.2) is 6.73 Å². The number of nitrogens with one attached hydrogen (secondary N) is 1. The number of carbonyl (C=O) groups excluding carboxylic acids is 1. The predicted octanol–water partition coefficient (Wildman–Crippen LogP) is 1.33. The highest BCUT2D eigenvalue weighted by atomic mass is 31.1. The number of hydrogen-bond acceptors (Lipinski definition) is 3. The molecule has 5 heteroatoms. The Kier molecular flexibility index (Phi) is 4.09. The van der Waals surface area contributed by atoms with Crippen LogP contribution in [-0.2, 0) is 9.09 Å². The van der Waals surface area contributed by atoms with Gasteiger partial charge in [0.05, 0.1) is 0 Å². The van der Waals surface area contributed by atoms with Crippen molar-refractivity contribution >= 4 is 14.6 Å². The molecule has 0 radical (unpaired) electrons. The largest absolute Gasteiger partial charge is 0.496 e. The van der Waals surface area contributed by atoms with Gasteiger partial charge in [0.2, 0.25) is 0 Å². The third kappa shape index (κ3) is 3.32. The van der Waals surface area contributed by atoms with Crippen LogP contribution in [-0.4, -0.2) is 12.6 Å². The van der Waals surface area contributed by atoms with Crippen molar-refractivity contribution in [3.63, 3.8) is 0 Å². The molecule has 0 aromatic heterocycles. The Morgan fingerprint density at radius 1 is 1.38 bits per heavy atom. The van der Waals surface area contributed by atoms with Crippen molar-refractivity contribution in [2.75, 3.05) is 6.73 Å². The van der Waals surface area contributed by atoms with Gasteiger partial charge in [-0.3, -0.25) is 4.79 Å². The van der Waals surface area contributed by atoms with E-state index < -0.39 is 8.69 Å². The summed E-state index contributed by atoms with van der Waals surface area (Å²) in [5.41, 5.74) is 0.556. The Morgan fingerprint density at radius 2 is 2.08 bits per heavy atom. The summed E-state index contributed by atoms with van der Waals surface area (Å²) in [4.78, 5) is 11.2. The first-order chi connectivity index (χ1) is 6.34. The summed E-state index contributed by atoms with van der Waals surface area (Å²) in [5.74, 6) is -0.237. The number of hydrogen-bond donors (Lipinski definition) is 1. The molecule has 0 spiro atoms. The molecular formula is C8H9NO3P+. The smallest absolute Gasteiger partial charge is 0.325 e. The van der Waals surface area contributed by atoms with Gasteiger partial charge in [-0.25, -0.2) is 0 Å². The Balaban J connectivity index is 2.45. The molecule has 0 saturated carbocycles. The van der Waals surface area contributed by atoms with Gasteiger partial charge in [-0.05, 0) is 16.7 Å². The zero-order valence-electron chi connectivity index (χ0n) is 6.82. The molecule has 0 aliphatic rings. The third-order valence-electron chi connectivity index (χ3n) is 1.40. The first-order valence-electron chi connectivity index (χ1n) is 3.67. The van der Waals surface area contributed by atoms with Crippen LogP contribution in [0, 0.1) is 0 Å². The first kappa shape index (κ1) is 9.84. The topological polar surface area (TPSA) is 55.4 Å². The van der Waals surface area contributed by atoms with Crippen LogP contribution in [0.5, 0.6) is 0 Å². The minimum absolute atomic E-state index is 0.0321. The molecule has 1 N–H and O–H groups in total. The third-order valence-corrected chi connectivity index (χ3v) is 1.66. The van der Waals surface area contributed by atoms with Crippen molar-refractivity contribution in [3.8, 4) is 0 Å². The molecule has 1 unspecified atom stereocenters. The fourth-order valence-corrected chi connectivity index (χ4v) is 0.954. The molecule has 0 fully saturated rings. The fourth-order valence-electron chi connectivity index (χ4n) is 0.823. The number of rotatable bonds is 4. The molecule has 0 bridgehead atoms. The van der Waals surface area contributed by atoms with Gasteiger partial charge < -0.3 is 5.32 Å². The van der Waals surface area contributed by atoms with Crippen molar-refractivity contribution in [2.45, 2.75) is 0 Å². The normalized spacial score (nSPS) is 9.85. The predicted molar refractivity (Wildman–Crippen MR) is 48.9 cm³/mol. The highest BCUT2D eigenvalue weighted by molar-refractivity contribution is 7.17. The van der Waals surface area contributed by atoms with Crippen LogP contribution in [0.2, 0.25) is 0 Å². The van der Waals surface area contributed by atoms with Crippen LogP contribution in [0.4, 0.5) is 0 Å². The van der Waals surface area contributed by atoms with E-state index in [0.717, 1.165) is 0 Å². The second kappa shape index (κ2) is 5.41. The van der Waals surface area contributed by atoms with E-state index in [-0.39, 0.29) is 12.6 Å². The lowest BCUT2D eigenvalue weighted by molar-refractivity contribution is 0.0924. The average molecular weight is 198 g/mol. The van der Waals surface area contributed by atoms with Crippen LogP contribution in [0.3, 0.4) is 0 Å². The maximum absolute atomic E-state index is 11.2. The fraction of sp³-hybridized carbons (Fsp3) is 0.125. The maximum atomic E-state index is 11.2. The van der Waals surface area contributed by atoms with E-state index in [1.165, 1.54) is 0 Å². The van der Waals surface area contributed by atoms with Gasteiger partial charge in [0, 0.05) is 5.56 Å². The van der Waals surface area contributed by atoms with Gasteiger partial charge in [-0.2, -0.15) is 0 Å². The summed E-state index contributed by atoms with van der Waals surface area (Å²) in [7, 11) is -0.850. The minimum Gasteiger partial charge on any atom is -0.325 e. The van der Waals surface area contributed by atoms with E-state index >= 15 is 0 Å². The van der Waals surface area contributed by atoms with Crippen LogP contribution in [0.15, 0.2) is 30.3 Å². The van der Waals surface area contributed by atoms with E-state index in [4.69, 9.17) is 0 Å². The average Bonchev–Trinajstić information content (AvgIpc) is 2.19. The van der Waals surface area contributed by atoms with Crippen molar-refractivity contribution in [3.05, 3.63) is 35.9 Å². The molecule has 0 aliphatic heterocycles. The second-order valence-electron chi connectivity index (χ2n) is 2.24. The van der Waals surface area contributed by atoms with Crippen LogP contribution >= 0.6 is 8.69 Å². The lowest BCUT2D eigenvalue weighted by Crippen LogP contribution is -2.24. The highest BCUT2D eigenvalue weighted by Gasteiger charge is 2.03. The van der Waals surface area contributed by atoms with Gasteiger partial charge in [0.1, 0.15) is 0 Å². The first-order valence-corrected chi connectivity index (χ1v) is 4.48. The van der Waals surface area contributed by atoms with Gasteiger partial charge in [-0.1, -0.05) is 18.2 Å². The van der Waals surface area contributed by atoms with Crippen molar-refractivity contribution in [1.29, 1.82) is 0 Å². The molecule has 0 saturated heterocycles. The van der Waals surface area contributed by atoms with Crippen LogP contribution in [0.1, 0.15) is 10.4 Å². The Bertz CT molecular complexity index is 289. The number of amides is 1. The van der Waals surface area contributed by atoms with Crippen LogP contribution in [0.25, 0.3) is 0 Å². The van der Waals surface area contributed by atoms with E-state index in [9.17, 15) is 9.36 Å². The van der Waals surface area contributed by atoms with E-state index in [1.807, 2.05) is 6.07 Å². The molecule has 0 heterocycles. The summed E-state index contributed by atoms with van der Waals surface area (Å²) in [6, 6.07) is 8.74. The Morgan fingerprint density at radius 3 is 2.69 bits per heavy atom. The lowest BCUT2D eigenvalue weighted by Gasteiger charge is -1.99. The molecule has 4 nitrogen and oxygen atoms in total. The zero-order chi connectivity index (χ0) is 9.52. The van der Waals surface area contributed by atoms with Gasteiger partial charge >= 0.3 is 8.69 Å². The van der Waals surface area contributed by atoms with Crippen LogP contribution < -0.4 is 5.32 Å². The molecule has 1 aromatic rings. The Labute approximate surface area is 77.2 Å². The quantitative estimate of drug-likeness (QED) is 0.451. The number of carbonyl (C=O) groups is 1. The summed E-state index contributed by atoms with van der Waals surface area (Å²) in [5, 5.41) is 2.45. The molecule has 13 heavy (non-hydrogen) atoms. The number of benzene rings is 1.